The molecule has 0 spiro atoms. The van der Waals surface area contributed by atoms with E-state index in [1.807, 2.05) is 0 Å². The van der Waals surface area contributed by atoms with E-state index in [0.29, 0.717) is 37.0 Å². The molecular weight excluding hydrogens is 300 g/mol. The van der Waals surface area contributed by atoms with Crippen molar-refractivity contribution < 1.29 is 13.2 Å². The molecule has 0 N–H and O–H groups in total. The number of benzene rings is 1. The van der Waals surface area contributed by atoms with Crippen molar-refractivity contribution in [2.24, 2.45) is 0 Å². The van der Waals surface area contributed by atoms with Crippen LogP contribution in [0.3, 0.4) is 0 Å². The number of nitrogens with zero attached hydrogens (tertiary/aromatic N) is 2. The molecule has 112 valence electrons. The van der Waals surface area contributed by atoms with Gasteiger partial charge in [-0.2, -0.15) is 17.0 Å². The molecule has 0 unspecified atom stereocenters. The number of ether oxygens (including phenoxy) is 1. The van der Waals surface area contributed by atoms with E-state index in [2.05, 4.69) is 0 Å². The molecule has 1 heterocycles. The van der Waals surface area contributed by atoms with Gasteiger partial charge in [-0.1, -0.05) is 17.7 Å². The summed E-state index contributed by atoms with van der Waals surface area (Å²) in [6.07, 6.45) is 1.87. The van der Waals surface area contributed by atoms with Gasteiger partial charge in [0.25, 0.3) is 10.2 Å². The van der Waals surface area contributed by atoms with Crippen molar-refractivity contribution in [3.8, 4) is 5.75 Å². The molecule has 0 amide bonds. The molecule has 2 rings (SSSR count). The van der Waals surface area contributed by atoms with Gasteiger partial charge in [-0.15, -0.1) is 0 Å². The van der Waals surface area contributed by atoms with Gasteiger partial charge < -0.3 is 4.74 Å². The van der Waals surface area contributed by atoms with Crippen molar-refractivity contribution in [2.45, 2.75) is 12.8 Å². The molecule has 1 fully saturated rings. The van der Waals surface area contributed by atoms with Gasteiger partial charge in [-0.05, 0) is 31.0 Å². The van der Waals surface area contributed by atoms with Crippen LogP contribution < -0.4 is 4.74 Å². The Balaban J connectivity index is 1.84. The summed E-state index contributed by atoms with van der Waals surface area (Å²) < 4.78 is 32.8. The number of rotatable bonds is 6. The second kappa shape index (κ2) is 6.76. The Morgan fingerprint density at radius 3 is 2.70 bits per heavy atom. The van der Waals surface area contributed by atoms with Crippen molar-refractivity contribution >= 4 is 21.8 Å². The van der Waals surface area contributed by atoms with E-state index in [4.69, 9.17) is 16.3 Å². The lowest BCUT2D eigenvalue weighted by Crippen LogP contribution is -2.41. The van der Waals surface area contributed by atoms with Gasteiger partial charge in [0.15, 0.2) is 0 Å². The van der Waals surface area contributed by atoms with E-state index < -0.39 is 10.2 Å². The van der Waals surface area contributed by atoms with Crippen molar-refractivity contribution in [1.82, 2.24) is 8.61 Å². The van der Waals surface area contributed by atoms with Gasteiger partial charge in [-0.25, -0.2) is 0 Å². The van der Waals surface area contributed by atoms with Gasteiger partial charge in [-0.3, -0.25) is 0 Å². The minimum absolute atomic E-state index is 0.296. The Kier molecular flexibility index (Phi) is 5.26. The van der Waals surface area contributed by atoms with Crippen molar-refractivity contribution in [1.29, 1.82) is 0 Å². The molecule has 7 heteroatoms. The maximum Gasteiger partial charge on any atom is 0.281 e. The number of halogens is 1. The molecule has 0 saturated carbocycles. The highest BCUT2D eigenvalue weighted by Gasteiger charge is 2.28. The van der Waals surface area contributed by atoms with Crippen LogP contribution in [0.1, 0.15) is 12.8 Å². The quantitative estimate of drug-likeness (QED) is 0.806. The van der Waals surface area contributed by atoms with Crippen LogP contribution in [-0.4, -0.2) is 50.3 Å². The molecule has 1 saturated heterocycles. The molecule has 1 aromatic carbocycles. The van der Waals surface area contributed by atoms with Crippen LogP contribution in [0, 0.1) is 0 Å². The van der Waals surface area contributed by atoms with Crippen molar-refractivity contribution in [3.05, 3.63) is 29.3 Å². The lowest BCUT2D eigenvalue weighted by atomic mass is 10.3. The third-order valence-corrected chi connectivity index (χ3v) is 5.48. The number of hydrogen-bond acceptors (Lipinski definition) is 3. The van der Waals surface area contributed by atoms with Crippen LogP contribution in [-0.2, 0) is 10.2 Å². The first kappa shape index (κ1) is 15.6. The molecule has 5 nitrogen and oxygen atoms in total. The third-order valence-electron chi connectivity index (χ3n) is 3.26. The summed E-state index contributed by atoms with van der Waals surface area (Å²) in [5.74, 6) is 0.643. The molecule has 20 heavy (non-hydrogen) atoms. The van der Waals surface area contributed by atoms with Gasteiger partial charge in [0.05, 0.1) is 0 Å². The van der Waals surface area contributed by atoms with Crippen molar-refractivity contribution in [2.75, 3.05) is 33.3 Å². The lowest BCUT2D eigenvalue weighted by Gasteiger charge is -2.23. The average Bonchev–Trinajstić information content (AvgIpc) is 2.93. The Hall–Kier alpha value is -0.820. The molecule has 1 aliphatic heterocycles. The molecule has 0 radical (unpaired) electrons. The molecule has 0 atom stereocenters. The Morgan fingerprint density at radius 2 is 2.05 bits per heavy atom. The summed E-state index contributed by atoms with van der Waals surface area (Å²) in [6.45, 7) is 1.83. The van der Waals surface area contributed by atoms with E-state index in [0.717, 1.165) is 12.8 Å². The fraction of sp³-hybridized carbons (Fsp3) is 0.538. The van der Waals surface area contributed by atoms with Gasteiger partial charge in [0.1, 0.15) is 12.4 Å². The van der Waals surface area contributed by atoms with E-state index in [1.54, 1.807) is 31.3 Å². The minimum atomic E-state index is -3.34. The molecular formula is C13H19ClN2O3S. The predicted octanol–water partition coefficient (Wildman–Crippen LogP) is 1.99. The second-order valence-electron chi connectivity index (χ2n) is 4.74. The molecule has 1 aliphatic rings. The Labute approximate surface area is 125 Å². The largest absolute Gasteiger partial charge is 0.492 e. The minimum Gasteiger partial charge on any atom is -0.492 e. The third kappa shape index (κ3) is 3.85. The zero-order valence-electron chi connectivity index (χ0n) is 11.5. The van der Waals surface area contributed by atoms with Crippen LogP contribution >= 0.6 is 11.6 Å². The summed E-state index contributed by atoms with van der Waals surface area (Å²) in [5.41, 5.74) is 0. The Morgan fingerprint density at radius 1 is 1.35 bits per heavy atom. The monoisotopic (exact) mass is 318 g/mol. The summed E-state index contributed by atoms with van der Waals surface area (Å²) >= 11 is 5.85. The fourth-order valence-corrected chi connectivity index (χ4v) is 3.68. The summed E-state index contributed by atoms with van der Waals surface area (Å²) in [6, 6.07) is 7.05. The zero-order chi connectivity index (χ0) is 14.6. The number of hydrogen-bond donors (Lipinski definition) is 0. The SMILES string of the molecule is CN(CCOc1cccc(Cl)c1)S(=O)(=O)N1CCCC1. The Bertz CT molecular complexity index is 544. The van der Waals surface area contributed by atoms with E-state index in [1.165, 1.54) is 8.61 Å². The highest BCUT2D eigenvalue weighted by Crippen LogP contribution is 2.18. The zero-order valence-corrected chi connectivity index (χ0v) is 13.0. The van der Waals surface area contributed by atoms with Crippen molar-refractivity contribution in [3.63, 3.8) is 0 Å². The fourth-order valence-electron chi connectivity index (χ4n) is 2.08. The maximum atomic E-state index is 12.2. The lowest BCUT2D eigenvalue weighted by molar-refractivity contribution is 0.279. The first-order chi connectivity index (χ1) is 9.50. The highest BCUT2D eigenvalue weighted by molar-refractivity contribution is 7.86. The summed E-state index contributed by atoms with van der Waals surface area (Å²) in [4.78, 5) is 0. The van der Waals surface area contributed by atoms with E-state index in [9.17, 15) is 8.42 Å². The standard InChI is InChI=1S/C13H19ClN2O3S/c1-15(20(17,18)16-7-2-3-8-16)9-10-19-13-6-4-5-12(14)11-13/h4-6,11H,2-3,7-10H2,1H3. The number of likely N-dealkylation sites (N-methyl/N-ethyl adjacent to an activating group) is 1. The normalized spacial score (nSPS) is 16.8. The predicted molar refractivity (Wildman–Crippen MR) is 79.3 cm³/mol. The van der Waals surface area contributed by atoms with Crippen LogP contribution in [0.15, 0.2) is 24.3 Å². The molecule has 0 aliphatic carbocycles. The maximum absolute atomic E-state index is 12.2. The summed E-state index contributed by atoms with van der Waals surface area (Å²) in [5, 5.41) is 0.598. The van der Waals surface area contributed by atoms with Gasteiger partial charge in [0.2, 0.25) is 0 Å². The second-order valence-corrected chi connectivity index (χ2v) is 7.21. The summed E-state index contributed by atoms with van der Waals surface area (Å²) in [7, 11) is -1.76. The smallest absolute Gasteiger partial charge is 0.281 e. The van der Waals surface area contributed by atoms with Crippen LogP contribution in [0.4, 0.5) is 0 Å². The first-order valence-corrected chi connectivity index (χ1v) is 8.37. The molecule has 0 aromatic heterocycles. The average molecular weight is 319 g/mol. The highest BCUT2D eigenvalue weighted by atomic mass is 35.5. The van der Waals surface area contributed by atoms with E-state index >= 15 is 0 Å². The first-order valence-electron chi connectivity index (χ1n) is 6.60. The van der Waals surface area contributed by atoms with Crippen LogP contribution in [0.25, 0.3) is 0 Å². The van der Waals surface area contributed by atoms with Crippen LogP contribution in [0.2, 0.25) is 5.02 Å². The van der Waals surface area contributed by atoms with E-state index in [-0.39, 0.29) is 0 Å². The molecule has 0 bridgehead atoms. The van der Waals surface area contributed by atoms with Crippen LogP contribution in [0.5, 0.6) is 5.75 Å². The van der Waals surface area contributed by atoms with Gasteiger partial charge in [0, 0.05) is 31.7 Å². The van der Waals surface area contributed by atoms with Gasteiger partial charge >= 0.3 is 0 Å². The topological polar surface area (TPSA) is 49.9 Å². The molecule has 1 aromatic rings.